The lowest BCUT2D eigenvalue weighted by molar-refractivity contribution is -0.142. The number of amides is 1. The minimum Gasteiger partial charge on any atom is -0.480 e. The Morgan fingerprint density at radius 2 is 2.11 bits per heavy atom. The SMILES string of the molecule is Cc1cnc(C(=O)N(C)C(CC(C)C)C(=O)O)o1. The maximum atomic E-state index is 12.0. The van der Waals surface area contributed by atoms with E-state index in [4.69, 9.17) is 9.52 Å². The Morgan fingerprint density at radius 3 is 2.50 bits per heavy atom. The molecule has 0 saturated heterocycles. The fourth-order valence-corrected chi connectivity index (χ4v) is 1.62. The van der Waals surface area contributed by atoms with Gasteiger partial charge in [0.15, 0.2) is 0 Å². The van der Waals surface area contributed by atoms with Gasteiger partial charge in [-0.2, -0.15) is 0 Å². The smallest absolute Gasteiger partial charge is 0.326 e. The molecule has 1 aromatic heterocycles. The van der Waals surface area contributed by atoms with Crippen molar-refractivity contribution in [3.05, 3.63) is 17.8 Å². The van der Waals surface area contributed by atoms with Gasteiger partial charge in [0.05, 0.1) is 6.20 Å². The highest BCUT2D eigenvalue weighted by molar-refractivity contribution is 5.92. The molecular weight excluding hydrogens is 236 g/mol. The Balaban J connectivity index is 2.86. The zero-order chi connectivity index (χ0) is 13.9. The number of aliphatic carboxylic acids is 1. The molecule has 0 aliphatic rings. The molecule has 0 fully saturated rings. The van der Waals surface area contributed by atoms with Crippen molar-refractivity contribution in [1.82, 2.24) is 9.88 Å². The van der Waals surface area contributed by atoms with Crippen LogP contribution < -0.4 is 0 Å². The Morgan fingerprint density at radius 1 is 1.50 bits per heavy atom. The molecule has 18 heavy (non-hydrogen) atoms. The largest absolute Gasteiger partial charge is 0.480 e. The molecule has 6 nitrogen and oxygen atoms in total. The van der Waals surface area contributed by atoms with Crippen molar-refractivity contribution in [2.45, 2.75) is 33.2 Å². The quantitative estimate of drug-likeness (QED) is 0.861. The van der Waals surface area contributed by atoms with Crippen LogP contribution in [-0.2, 0) is 4.79 Å². The molecule has 0 saturated carbocycles. The molecule has 0 spiro atoms. The number of nitrogens with zero attached hydrogens (tertiary/aromatic N) is 2. The third-order valence-electron chi connectivity index (χ3n) is 2.57. The van der Waals surface area contributed by atoms with Crippen LogP contribution in [0.4, 0.5) is 0 Å². The highest BCUT2D eigenvalue weighted by Gasteiger charge is 2.30. The summed E-state index contributed by atoms with van der Waals surface area (Å²) in [6, 6.07) is -0.871. The van der Waals surface area contributed by atoms with Gasteiger partial charge in [0.25, 0.3) is 5.89 Å². The first kappa shape index (κ1) is 14.2. The summed E-state index contributed by atoms with van der Waals surface area (Å²) in [4.78, 5) is 28.1. The average Bonchev–Trinajstić information content (AvgIpc) is 2.70. The zero-order valence-corrected chi connectivity index (χ0v) is 11.0. The molecule has 0 aliphatic heterocycles. The molecule has 0 aliphatic carbocycles. The molecule has 1 atom stereocenters. The standard InChI is InChI=1S/C12H18N2O4/c1-7(2)5-9(12(16)17)14(4)11(15)10-13-6-8(3)18-10/h6-7,9H,5H2,1-4H3,(H,16,17). The van der Waals surface area contributed by atoms with Gasteiger partial charge >= 0.3 is 11.9 Å². The van der Waals surface area contributed by atoms with Crippen molar-refractivity contribution in [2.24, 2.45) is 5.92 Å². The van der Waals surface area contributed by atoms with Crippen molar-refractivity contribution < 1.29 is 19.1 Å². The van der Waals surface area contributed by atoms with Crippen molar-refractivity contribution in [1.29, 1.82) is 0 Å². The molecule has 1 rings (SSSR count). The molecule has 1 heterocycles. The Hall–Kier alpha value is -1.85. The summed E-state index contributed by atoms with van der Waals surface area (Å²) in [5, 5.41) is 9.15. The number of carboxylic acids is 1. The predicted molar refractivity (Wildman–Crippen MR) is 64.2 cm³/mol. The minimum atomic E-state index is -1.03. The molecule has 1 aromatic rings. The van der Waals surface area contributed by atoms with Crippen LogP contribution in [0.1, 0.15) is 36.7 Å². The molecule has 100 valence electrons. The van der Waals surface area contributed by atoms with Crippen LogP contribution in [0.15, 0.2) is 10.6 Å². The van der Waals surface area contributed by atoms with E-state index in [0.717, 1.165) is 4.90 Å². The number of hydrogen-bond donors (Lipinski definition) is 1. The lowest BCUT2D eigenvalue weighted by Gasteiger charge is -2.24. The second-order valence-electron chi connectivity index (χ2n) is 4.68. The van der Waals surface area contributed by atoms with Crippen molar-refractivity contribution in [3.63, 3.8) is 0 Å². The van der Waals surface area contributed by atoms with Crippen LogP contribution in [0.5, 0.6) is 0 Å². The van der Waals surface area contributed by atoms with Crippen LogP contribution in [0.3, 0.4) is 0 Å². The summed E-state index contributed by atoms with van der Waals surface area (Å²) in [7, 11) is 1.45. The number of carboxylic acid groups (broad SMARTS) is 1. The minimum absolute atomic E-state index is 0.0787. The number of carbonyl (C=O) groups is 2. The normalized spacial score (nSPS) is 12.5. The summed E-state index contributed by atoms with van der Waals surface area (Å²) in [6.45, 7) is 5.49. The van der Waals surface area contributed by atoms with Crippen LogP contribution in [-0.4, -0.2) is 40.0 Å². The first-order valence-electron chi connectivity index (χ1n) is 5.75. The topological polar surface area (TPSA) is 83.6 Å². The molecular formula is C12H18N2O4. The van der Waals surface area contributed by atoms with Gasteiger partial charge in [-0.15, -0.1) is 0 Å². The van der Waals surface area contributed by atoms with E-state index in [1.165, 1.54) is 13.2 Å². The molecule has 0 bridgehead atoms. The summed E-state index contributed by atoms with van der Waals surface area (Å²) < 4.78 is 5.11. The van der Waals surface area contributed by atoms with Crippen LogP contribution in [0.2, 0.25) is 0 Å². The van der Waals surface area contributed by atoms with Crippen molar-refractivity contribution in [3.8, 4) is 0 Å². The number of aromatic nitrogens is 1. The van der Waals surface area contributed by atoms with E-state index in [2.05, 4.69) is 4.98 Å². The van der Waals surface area contributed by atoms with Gasteiger partial charge in [0, 0.05) is 7.05 Å². The van der Waals surface area contributed by atoms with Crippen LogP contribution in [0.25, 0.3) is 0 Å². The molecule has 1 amide bonds. The predicted octanol–water partition coefficient (Wildman–Crippen LogP) is 1.55. The second-order valence-corrected chi connectivity index (χ2v) is 4.68. The van der Waals surface area contributed by atoms with Gasteiger partial charge in [-0.25, -0.2) is 9.78 Å². The molecule has 1 N–H and O–H groups in total. The number of carbonyl (C=O) groups excluding carboxylic acids is 1. The number of likely N-dealkylation sites (N-methyl/N-ethyl adjacent to an activating group) is 1. The van der Waals surface area contributed by atoms with E-state index in [1.807, 2.05) is 13.8 Å². The summed E-state index contributed by atoms with van der Waals surface area (Å²) >= 11 is 0. The molecule has 6 heteroatoms. The highest BCUT2D eigenvalue weighted by Crippen LogP contribution is 2.14. The number of oxazole rings is 1. The number of aryl methyl sites for hydroxylation is 1. The van der Waals surface area contributed by atoms with Gasteiger partial charge < -0.3 is 14.4 Å². The zero-order valence-electron chi connectivity index (χ0n) is 11.0. The lowest BCUT2D eigenvalue weighted by Crippen LogP contribution is -2.43. The van der Waals surface area contributed by atoms with Crippen molar-refractivity contribution in [2.75, 3.05) is 7.05 Å². The second kappa shape index (κ2) is 5.66. The van der Waals surface area contributed by atoms with Crippen LogP contribution >= 0.6 is 0 Å². The Bertz CT molecular complexity index is 439. The first-order valence-corrected chi connectivity index (χ1v) is 5.75. The van der Waals surface area contributed by atoms with E-state index < -0.39 is 17.9 Å². The van der Waals surface area contributed by atoms with Gasteiger partial charge in [-0.3, -0.25) is 4.79 Å². The fourth-order valence-electron chi connectivity index (χ4n) is 1.62. The summed E-state index contributed by atoms with van der Waals surface area (Å²) in [6.07, 6.45) is 1.82. The van der Waals surface area contributed by atoms with E-state index in [-0.39, 0.29) is 11.8 Å². The molecule has 0 radical (unpaired) electrons. The molecule has 1 unspecified atom stereocenters. The van der Waals surface area contributed by atoms with Crippen molar-refractivity contribution >= 4 is 11.9 Å². The summed E-state index contributed by atoms with van der Waals surface area (Å²) in [5.74, 6) is -0.931. The third kappa shape index (κ3) is 3.32. The van der Waals surface area contributed by atoms with Gasteiger partial charge in [-0.1, -0.05) is 13.8 Å². The third-order valence-corrected chi connectivity index (χ3v) is 2.57. The highest BCUT2D eigenvalue weighted by atomic mass is 16.4. The van der Waals surface area contributed by atoms with E-state index in [9.17, 15) is 9.59 Å². The Kier molecular flexibility index (Phi) is 4.47. The van der Waals surface area contributed by atoms with E-state index >= 15 is 0 Å². The van der Waals surface area contributed by atoms with E-state index in [1.54, 1.807) is 6.92 Å². The molecule has 0 aromatic carbocycles. The maximum absolute atomic E-state index is 12.0. The van der Waals surface area contributed by atoms with Gasteiger partial charge in [-0.05, 0) is 19.3 Å². The van der Waals surface area contributed by atoms with Gasteiger partial charge in [0.2, 0.25) is 0 Å². The maximum Gasteiger partial charge on any atom is 0.326 e. The van der Waals surface area contributed by atoms with E-state index in [0.29, 0.717) is 12.2 Å². The Labute approximate surface area is 106 Å². The number of hydrogen-bond acceptors (Lipinski definition) is 4. The lowest BCUT2D eigenvalue weighted by atomic mass is 10.0. The summed E-state index contributed by atoms with van der Waals surface area (Å²) in [5.41, 5.74) is 0. The van der Waals surface area contributed by atoms with Crippen LogP contribution in [0, 0.1) is 12.8 Å². The average molecular weight is 254 g/mol. The first-order chi connectivity index (χ1) is 8.32. The number of rotatable bonds is 5. The van der Waals surface area contributed by atoms with Gasteiger partial charge in [0.1, 0.15) is 11.8 Å². The fraction of sp³-hybridized carbons (Fsp3) is 0.583. The monoisotopic (exact) mass is 254 g/mol.